The number of pyridine rings is 1. The molecule has 0 aliphatic rings. The molecule has 8 heteroatoms. The average molecular weight is 380 g/mol. The fourth-order valence-corrected chi connectivity index (χ4v) is 2.81. The standard InChI is InChI=1S/C20H16N2O6/c1-27-18-9-12(17(22(25)26)11-19(18)28-2)7-8-13-10-15(20(23)24)14-5-3-4-6-16(14)21-13/h3-11H,1-2H3,(H,23,24)/b8-7+. The van der Waals surface area contributed by atoms with E-state index in [1.807, 2.05) is 0 Å². The summed E-state index contributed by atoms with van der Waals surface area (Å²) in [5, 5.41) is 21.4. The normalized spacial score (nSPS) is 10.9. The van der Waals surface area contributed by atoms with Crippen LogP contribution in [-0.4, -0.2) is 35.2 Å². The number of carboxylic acids is 1. The zero-order valence-electron chi connectivity index (χ0n) is 15.1. The lowest BCUT2D eigenvalue weighted by Crippen LogP contribution is -2.00. The van der Waals surface area contributed by atoms with E-state index in [0.717, 1.165) is 0 Å². The molecule has 142 valence electrons. The topological polar surface area (TPSA) is 112 Å². The highest BCUT2D eigenvalue weighted by Crippen LogP contribution is 2.35. The van der Waals surface area contributed by atoms with Gasteiger partial charge in [-0.25, -0.2) is 9.78 Å². The number of aromatic nitrogens is 1. The van der Waals surface area contributed by atoms with Crippen molar-refractivity contribution in [3.63, 3.8) is 0 Å². The molecule has 0 bridgehead atoms. The minimum Gasteiger partial charge on any atom is -0.493 e. The second kappa shape index (κ2) is 7.75. The van der Waals surface area contributed by atoms with Crippen LogP contribution >= 0.6 is 0 Å². The summed E-state index contributed by atoms with van der Waals surface area (Å²) in [5.74, 6) is -0.501. The number of nitrogens with zero attached hydrogens (tertiary/aromatic N) is 2. The van der Waals surface area contributed by atoms with Crippen LogP contribution in [0.1, 0.15) is 21.6 Å². The second-order valence-corrected chi connectivity index (χ2v) is 5.77. The van der Waals surface area contributed by atoms with Gasteiger partial charge in [-0.15, -0.1) is 0 Å². The van der Waals surface area contributed by atoms with Gasteiger partial charge in [0.15, 0.2) is 11.5 Å². The zero-order chi connectivity index (χ0) is 20.3. The number of rotatable bonds is 6. The molecular weight excluding hydrogens is 364 g/mol. The van der Waals surface area contributed by atoms with Crippen LogP contribution < -0.4 is 9.47 Å². The third-order valence-corrected chi connectivity index (χ3v) is 4.13. The molecule has 0 aliphatic carbocycles. The summed E-state index contributed by atoms with van der Waals surface area (Å²) in [6, 6.07) is 11.1. The first-order valence-corrected chi connectivity index (χ1v) is 8.16. The quantitative estimate of drug-likeness (QED) is 0.507. The number of benzene rings is 2. The fraction of sp³-hybridized carbons (Fsp3) is 0.100. The van der Waals surface area contributed by atoms with Crippen LogP contribution in [-0.2, 0) is 0 Å². The summed E-state index contributed by atoms with van der Waals surface area (Å²) in [4.78, 5) is 26.8. The van der Waals surface area contributed by atoms with Crippen molar-refractivity contribution in [2.75, 3.05) is 14.2 Å². The number of nitro benzene ring substituents is 1. The molecule has 1 aromatic heterocycles. The van der Waals surface area contributed by atoms with Gasteiger partial charge in [-0.05, 0) is 30.4 Å². The first-order chi connectivity index (χ1) is 13.4. The van der Waals surface area contributed by atoms with E-state index in [-0.39, 0.29) is 22.6 Å². The number of carboxylic acid groups (broad SMARTS) is 1. The Morgan fingerprint density at radius 2 is 1.79 bits per heavy atom. The van der Waals surface area contributed by atoms with Crippen molar-refractivity contribution >= 4 is 34.7 Å². The lowest BCUT2D eigenvalue weighted by Gasteiger charge is -2.09. The van der Waals surface area contributed by atoms with Crippen LogP contribution in [0, 0.1) is 10.1 Å². The number of fused-ring (bicyclic) bond motifs is 1. The van der Waals surface area contributed by atoms with Crippen LogP contribution in [0.25, 0.3) is 23.1 Å². The number of para-hydroxylation sites is 1. The largest absolute Gasteiger partial charge is 0.493 e. The lowest BCUT2D eigenvalue weighted by molar-refractivity contribution is -0.385. The fourth-order valence-electron chi connectivity index (χ4n) is 2.81. The summed E-state index contributed by atoms with van der Waals surface area (Å²) in [7, 11) is 2.82. The maximum atomic E-state index is 11.6. The number of ether oxygens (including phenoxy) is 2. The summed E-state index contributed by atoms with van der Waals surface area (Å²) in [6.07, 6.45) is 3.01. The molecule has 0 atom stereocenters. The molecule has 0 aliphatic heterocycles. The molecule has 3 aromatic rings. The molecule has 1 N–H and O–H groups in total. The maximum Gasteiger partial charge on any atom is 0.336 e. The highest BCUT2D eigenvalue weighted by atomic mass is 16.6. The number of methoxy groups -OCH3 is 2. The Morgan fingerprint density at radius 1 is 1.11 bits per heavy atom. The molecular formula is C20H16N2O6. The third-order valence-electron chi connectivity index (χ3n) is 4.13. The minimum absolute atomic E-state index is 0.104. The SMILES string of the molecule is COc1cc(/C=C/c2cc(C(=O)O)c3ccccc3n2)c([N+](=O)[O-])cc1OC. The Balaban J connectivity index is 2.11. The van der Waals surface area contributed by atoms with E-state index in [0.29, 0.717) is 22.3 Å². The first-order valence-electron chi connectivity index (χ1n) is 8.16. The predicted molar refractivity (Wildman–Crippen MR) is 104 cm³/mol. The zero-order valence-corrected chi connectivity index (χ0v) is 15.1. The van der Waals surface area contributed by atoms with Gasteiger partial charge in [0.25, 0.3) is 5.69 Å². The summed E-state index contributed by atoms with van der Waals surface area (Å²) in [5.41, 5.74) is 1.08. The van der Waals surface area contributed by atoms with Gasteiger partial charge in [-0.1, -0.05) is 18.2 Å². The van der Waals surface area contributed by atoms with Gasteiger partial charge >= 0.3 is 5.97 Å². The monoisotopic (exact) mass is 380 g/mol. The second-order valence-electron chi connectivity index (χ2n) is 5.77. The number of hydrogen-bond acceptors (Lipinski definition) is 6. The molecule has 0 fully saturated rings. The van der Waals surface area contributed by atoms with Gasteiger partial charge in [0, 0.05) is 5.39 Å². The van der Waals surface area contributed by atoms with Crippen molar-refractivity contribution in [3.05, 3.63) is 69.4 Å². The highest BCUT2D eigenvalue weighted by molar-refractivity contribution is 6.03. The van der Waals surface area contributed by atoms with E-state index in [4.69, 9.17) is 9.47 Å². The molecule has 28 heavy (non-hydrogen) atoms. The predicted octanol–water partition coefficient (Wildman–Crippen LogP) is 4.03. The molecule has 0 radical (unpaired) electrons. The first kappa shape index (κ1) is 18.8. The number of aromatic carboxylic acids is 1. The van der Waals surface area contributed by atoms with Crippen molar-refractivity contribution in [2.45, 2.75) is 0 Å². The molecule has 8 nitrogen and oxygen atoms in total. The van der Waals surface area contributed by atoms with E-state index in [2.05, 4.69) is 4.98 Å². The summed E-state index contributed by atoms with van der Waals surface area (Å²) < 4.78 is 10.3. The van der Waals surface area contributed by atoms with Gasteiger partial charge in [0.2, 0.25) is 0 Å². The highest BCUT2D eigenvalue weighted by Gasteiger charge is 2.18. The Hall–Kier alpha value is -3.94. The molecule has 2 aromatic carbocycles. The molecule has 0 spiro atoms. The van der Waals surface area contributed by atoms with Crippen LogP contribution in [0.15, 0.2) is 42.5 Å². The van der Waals surface area contributed by atoms with Crippen molar-refractivity contribution in [2.24, 2.45) is 0 Å². The Bertz CT molecular complexity index is 1110. The van der Waals surface area contributed by atoms with E-state index < -0.39 is 10.9 Å². The summed E-state index contributed by atoms with van der Waals surface area (Å²) in [6.45, 7) is 0. The molecule has 0 amide bonds. The smallest absolute Gasteiger partial charge is 0.336 e. The maximum absolute atomic E-state index is 11.6. The van der Waals surface area contributed by atoms with Gasteiger partial charge in [-0.2, -0.15) is 0 Å². The van der Waals surface area contributed by atoms with E-state index >= 15 is 0 Å². The molecule has 3 rings (SSSR count). The van der Waals surface area contributed by atoms with E-state index in [1.54, 1.807) is 24.3 Å². The Kier molecular flexibility index (Phi) is 5.21. The van der Waals surface area contributed by atoms with Crippen molar-refractivity contribution in [1.82, 2.24) is 4.98 Å². The molecule has 1 heterocycles. The van der Waals surface area contributed by atoms with Gasteiger partial charge in [0.05, 0.1) is 47.5 Å². The average Bonchev–Trinajstić information content (AvgIpc) is 2.70. The van der Waals surface area contributed by atoms with Crippen molar-refractivity contribution < 1.29 is 24.3 Å². The molecule has 0 saturated carbocycles. The van der Waals surface area contributed by atoms with Gasteiger partial charge in [0.1, 0.15) is 0 Å². The number of carbonyl (C=O) groups is 1. The van der Waals surface area contributed by atoms with Crippen LogP contribution in [0.2, 0.25) is 0 Å². The Morgan fingerprint density at radius 3 is 2.43 bits per heavy atom. The van der Waals surface area contributed by atoms with E-state index in [9.17, 15) is 20.0 Å². The van der Waals surface area contributed by atoms with E-state index in [1.165, 1.54) is 44.6 Å². The Labute approximate surface area is 159 Å². The van der Waals surface area contributed by atoms with Gasteiger partial charge in [-0.3, -0.25) is 10.1 Å². The van der Waals surface area contributed by atoms with Crippen LogP contribution in [0.4, 0.5) is 5.69 Å². The molecule has 0 saturated heterocycles. The van der Waals surface area contributed by atoms with Crippen molar-refractivity contribution in [3.8, 4) is 11.5 Å². The van der Waals surface area contributed by atoms with Crippen molar-refractivity contribution in [1.29, 1.82) is 0 Å². The third kappa shape index (κ3) is 3.61. The molecule has 0 unspecified atom stereocenters. The van der Waals surface area contributed by atoms with Crippen LogP contribution in [0.5, 0.6) is 11.5 Å². The summed E-state index contributed by atoms with van der Waals surface area (Å²) >= 11 is 0. The number of nitro groups is 1. The lowest BCUT2D eigenvalue weighted by atomic mass is 10.1. The van der Waals surface area contributed by atoms with Crippen LogP contribution in [0.3, 0.4) is 0 Å². The minimum atomic E-state index is -1.08. The van der Waals surface area contributed by atoms with Gasteiger partial charge < -0.3 is 14.6 Å². The number of hydrogen-bond donors (Lipinski definition) is 1.